The number of benzene rings is 1. The van der Waals surface area contributed by atoms with Crippen LogP contribution in [0.2, 0.25) is 0 Å². The molecule has 2 aliphatic heterocycles. The lowest BCUT2D eigenvalue weighted by atomic mass is 9.91. The Hall–Kier alpha value is -4.19. The quantitative estimate of drug-likeness (QED) is 0.366. The second-order valence-electron chi connectivity index (χ2n) is 10.3. The van der Waals surface area contributed by atoms with E-state index in [1.165, 1.54) is 6.07 Å². The van der Waals surface area contributed by atoms with E-state index >= 15 is 0 Å². The van der Waals surface area contributed by atoms with Crippen molar-refractivity contribution in [2.24, 2.45) is 5.92 Å². The van der Waals surface area contributed by atoms with Gasteiger partial charge in [-0.05, 0) is 62.9 Å². The van der Waals surface area contributed by atoms with E-state index in [0.29, 0.717) is 18.1 Å². The average molecular weight is 551 g/mol. The zero-order valence-electron chi connectivity index (χ0n) is 22.2. The average Bonchev–Trinajstić information content (AvgIpc) is 3.34. The molecule has 0 aliphatic carbocycles. The molecule has 40 heavy (non-hydrogen) atoms. The van der Waals surface area contributed by atoms with Crippen LogP contribution in [0.3, 0.4) is 0 Å². The molecule has 1 aromatic carbocycles. The van der Waals surface area contributed by atoms with Crippen LogP contribution in [0.5, 0.6) is 5.75 Å². The third kappa shape index (κ3) is 6.17. The lowest BCUT2D eigenvalue weighted by Gasteiger charge is -2.22. The summed E-state index contributed by atoms with van der Waals surface area (Å²) in [6.07, 6.45) is 4.34. The summed E-state index contributed by atoms with van der Waals surface area (Å²) in [6.45, 7) is 3.66. The number of hydrogen-bond donors (Lipinski definition) is 3. The second-order valence-corrected chi connectivity index (χ2v) is 10.3. The maximum Gasteiger partial charge on any atom is 0.270 e. The summed E-state index contributed by atoms with van der Waals surface area (Å²) >= 11 is 0. The molecule has 1 saturated heterocycles. The Labute approximate surface area is 229 Å². The summed E-state index contributed by atoms with van der Waals surface area (Å²) in [5, 5.41) is 12.6. The van der Waals surface area contributed by atoms with Crippen molar-refractivity contribution < 1.29 is 28.3 Å². The summed E-state index contributed by atoms with van der Waals surface area (Å²) in [5.41, 5.74) is 0.881. The van der Waals surface area contributed by atoms with Gasteiger partial charge in [-0.2, -0.15) is 5.10 Å². The van der Waals surface area contributed by atoms with Gasteiger partial charge in [0.1, 0.15) is 23.7 Å². The maximum atomic E-state index is 14.4. The monoisotopic (exact) mass is 550 g/mol. The van der Waals surface area contributed by atoms with Crippen LogP contribution in [-0.2, 0) is 22.6 Å². The maximum absolute atomic E-state index is 14.4. The first-order valence-corrected chi connectivity index (χ1v) is 13.4. The summed E-state index contributed by atoms with van der Waals surface area (Å²) in [4.78, 5) is 54.6. The van der Waals surface area contributed by atoms with Gasteiger partial charge < -0.3 is 20.7 Å². The molecule has 2 aliphatic rings. The standard InChI is InChI=1S/C28H31FN6O5/c1-16(24(37)4-2-17-6-8-30-9-7-17)33-28(39)23-12-22(34-26-21(29)14-32-35(23)26)27(38)31-13-18-3-5-25-19(10-18)11-20(36)15-40-25/h3,5,10,12,14,16-17,30H,2,4,6-9,11,13,15H2,1H3,(H,31,38)(H,33,39)/t16-/m0/s1. The third-order valence-electron chi connectivity index (χ3n) is 7.34. The van der Waals surface area contributed by atoms with Crippen molar-refractivity contribution in [2.45, 2.75) is 51.6 Å². The first-order valence-electron chi connectivity index (χ1n) is 13.4. The molecule has 0 bridgehead atoms. The number of carbonyl (C=O) groups is 4. The lowest BCUT2D eigenvalue weighted by Crippen LogP contribution is -2.40. The predicted molar refractivity (Wildman–Crippen MR) is 142 cm³/mol. The highest BCUT2D eigenvalue weighted by Crippen LogP contribution is 2.24. The number of carbonyl (C=O) groups excluding carboxylic acids is 4. The molecule has 0 saturated carbocycles. The van der Waals surface area contributed by atoms with Crippen molar-refractivity contribution >= 4 is 29.0 Å². The van der Waals surface area contributed by atoms with Crippen LogP contribution in [0, 0.1) is 11.7 Å². The minimum atomic E-state index is -0.797. The van der Waals surface area contributed by atoms with Crippen LogP contribution in [0.15, 0.2) is 30.5 Å². The number of aromatic nitrogens is 3. The summed E-state index contributed by atoms with van der Waals surface area (Å²) in [5.74, 6) is -1.11. The van der Waals surface area contributed by atoms with Crippen LogP contribution < -0.4 is 20.7 Å². The molecule has 3 N–H and O–H groups in total. The van der Waals surface area contributed by atoms with E-state index in [-0.39, 0.29) is 48.2 Å². The minimum Gasteiger partial charge on any atom is -0.486 e. The Morgan fingerprint density at radius 3 is 2.80 bits per heavy atom. The zero-order chi connectivity index (χ0) is 28.2. The van der Waals surface area contributed by atoms with Crippen molar-refractivity contribution in [1.82, 2.24) is 30.5 Å². The van der Waals surface area contributed by atoms with E-state index < -0.39 is 23.7 Å². The number of piperidine rings is 1. The molecule has 12 heteroatoms. The highest BCUT2D eigenvalue weighted by Gasteiger charge is 2.24. The topological polar surface area (TPSA) is 144 Å². The number of rotatable bonds is 9. The molecule has 2 amide bonds. The van der Waals surface area contributed by atoms with Gasteiger partial charge in [-0.3, -0.25) is 19.2 Å². The van der Waals surface area contributed by atoms with Crippen LogP contribution in [0.1, 0.15) is 64.7 Å². The summed E-state index contributed by atoms with van der Waals surface area (Å²) < 4.78 is 20.8. The number of halogens is 1. The Bertz CT molecular complexity index is 1460. The third-order valence-corrected chi connectivity index (χ3v) is 7.34. The molecule has 5 rings (SSSR count). The molecule has 2 aromatic heterocycles. The second kappa shape index (κ2) is 11.9. The molecule has 1 fully saturated rings. The smallest absolute Gasteiger partial charge is 0.270 e. The minimum absolute atomic E-state index is 0.0300. The molecule has 4 heterocycles. The van der Waals surface area contributed by atoms with Crippen LogP contribution in [0.25, 0.3) is 5.65 Å². The molecule has 210 valence electrons. The Balaban J connectivity index is 1.26. The fourth-order valence-corrected chi connectivity index (χ4v) is 5.01. The summed E-state index contributed by atoms with van der Waals surface area (Å²) in [6, 6.07) is 5.74. The van der Waals surface area contributed by atoms with Gasteiger partial charge in [-0.25, -0.2) is 13.9 Å². The molecule has 3 aromatic rings. The number of nitrogens with zero attached hydrogens (tertiary/aromatic N) is 3. The van der Waals surface area contributed by atoms with Crippen molar-refractivity contribution in [3.8, 4) is 5.75 Å². The molecule has 0 spiro atoms. The largest absolute Gasteiger partial charge is 0.486 e. The lowest BCUT2D eigenvalue weighted by molar-refractivity contribution is -0.121. The van der Waals surface area contributed by atoms with E-state index in [1.54, 1.807) is 25.1 Å². The van der Waals surface area contributed by atoms with Crippen molar-refractivity contribution in [1.29, 1.82) is 0 Å². The van der Waals surface area contributed by atoms with Gasteiger partial charge >= 0.3 is 0 Å². The van der Waals surface area contributed by atoms with Gasteiger partial charge in [0, 0.05) is 31.0 Å². The van der Waals surface area contributed by atoms with Gasteiger partial charge in [0.2, 0.25) is 0 Å². The number of nitrogens with one attached hydrogen (secondary N) is 3. The van der Waals surface area contributed by atoms with Gasteiger partial charge in [0.05, 0.1) is 12.2 Å². The van der Waals surface area contributed by atoms with E-state index in [1.807, 2.05) is 0 Å². The molecule has 1 atom stereocenters. The van der Waals surface area contributed by atoms with E-state index in [0.717, 1.165) is 54.2 Å². The highest BCUT2D eigenvalue weighted by atomic mass is 19.1. The SMILES string of the molecule is C[C@H](NC(=O)c1cc(C(=O)NCc2ccc3c(c2)CC(=O)CO3)nc2c(F)cnn12)C(=O)CCC1CCNCC1. The number of Topliss-reactive ketones (excluding diaryl/α,β-unsaturated/α-hetero) is 2. The molecular weight excluding hydrogens is 519 g/mol. The fourth-order valence-electron chi connectivity index (χ4n) is 5.01. The molecule has 0 unspecified atom stereocenters. The number of ether oxygens (including phenoxy) is 1. The van der Waals surface area contributed by atoms with Crippen LogP contribution in [-0.4, -0.2) is 63.7 Å². The van der Waals surface area contributed by atoms with Gasteiger partial charge in [-0.15, -0.1) is 0 Å². The number of fused-ring (bicyclic) bond motifs is 2. The molecule has 0 radical (unpaired) electrons. The highest BCUT2D eigenvalue weighted by molar-refractivity contribution is 6.00. The summed E-state index contributed by atoms with van der Waals surface area (Å²) in [7, 11) is 0. The first-order chi connectivity index (χ1) is 19.3. The normalized spacial score (nSPS) is 16.2. The molecular formula is C28H31FN6O5. The zero-order valence-corrected chi connectivity index (χ0v) is 22.2. The van der Waals surface area contributed by atoms with E-state index in [2.05, 4.69) is 26.0 Å². The molecule has 11 nitrogen and oxygen atoms in total. The van der Waals surface area contributed by atoms with E-state index in [4.69, 9.17) is 4.74 Å². The van der Waals surface area contributed by atoms with Crippen LogP contribution >= 0.6 is 0 Å². The number of amides is 2. The first kappa shape index (κ1) is 27.4. The van der Waals surface area contributed by atoms with Gasteiger partial charge in [-0.1, -0.05) is 6.07 Å². The van der Waals surface area contributed by atoms with Crippen molar-refractivity contribution in [2.75, 3.05) is 19.7 Å². The van der Waals surface area contributed by atoms with Crippen molar-refractivity contribution in [3.05, 3.63) is 58.8 Å². The van der Waals surface area contributed by atoms with Gasteiger partial charge in [0.15, 0.2) is 23.0 Å². The Kier molecular flexibility index (Phi) is 8.15. The fraction of sp³-hybridized carbons (Fsp3) is 0.429. The van der Waals surface area contributed by atoms with Crippen molar-refractivity contribution in [3.63, 3.8) is 0 Å². The van der Waals surface area contributed by atoms with Gasteiger partial charge in [0.25, 0.3) is 11.8 Å². The predicted octanol–water partition coefficient (Wildman–Crippen LogP) is 1.77. The van der Waals surface area contributed by atoms with E-state index in [9.17, 15) is 23.6 Å². The number of ketones is 2. The van der Waals surface area contributed by atoms with Crippen LogP contribution in [0.4, 0.5) is 4.39 Å². The Morgan fingerprint density at radius 1 is 1.20 bits per heavy atom. The number of hydrogen-bond acceptors (Lipinski definition) is 8. The Morgan fingerprint density at radius 2 is 2.00 bits per heavy atom.